The van der Waals surface area contributed by atoms with Crippen LogP contribution >= 0.6 is 27.3 Å². The van der Waals surface area contributed by atoms with Gasteiger partial charge in [0, 0.05) is 17.0 Å². The Kier molecular flexibility index (Phi) is 4.33. The van der Waals surface area contributed by atoms with Crippen LogP contribution in [0, 0.1) is 5.82 Å². The van der Waals surface area contributed by atoms with Crippen molar-refractivity contribution in [2.75, 3.05) is 18.3 Å². The van der Waals surface area contributed by atoms with Gasteiger partial charge in [0.15, 0.2) is 0 Å². The van der Waals surface area contributed by atoms with Crippen LogP contribution in [0.15, 0.2) is 27.1 Å². The Balaban J connectivity index is 2.12. The van der Waals surface area contributed by atoms with Gasteiger partial charge in [-0.15, -0.1) is 11.3 Å². The molecule has 1 aromatic carbocycles. The lowest BCUT2D eigenvalue weighted by Gasteiger charge is -2.04. The first kappa shape index (κ1) is 13.8. The van der Waals surface area contributed by atoms with E-state index in [0.29, 0.717) is 26.7 Å². The first-order valence-electron chi connectivity index (χ1n) is 5.13. The van der Waals surface area contributed by atoms with E-state index in [-0.39, 0.29) is 0 Å². The fraction of sp³-hybridized carbons (Fsp3) is 0.0909. The molecule has 0 aliphatic heterocycles. The molecule has 100 valence electrons. The minimum absolute atomic E-state index is 0.324. The van der Waals surface area contributed by atoms with Gasteiger partial charge in [0.25, 0.3) is 0 Å². The average molecular weight is 345 g/mol. The molecular weight excluding hydrogens is 335 g/mol. The summed E-state index contributed by atoms with van der Waals surface area (Å²) in [7, 11) is 1.47. The van der Waals surface area contributed by atoms with Gasteiger partial charge in [0.05, 0.1) is 17.8 Å². The topological polar surface area (TPSA) is 72.5 Å². The van der Waals surface area contributed by atoms with Gasteiger partial charge in [-0.25, -0.2) is 9.37 Å². The van der Waals surface area contributed by atoms with E-state index in [1.807, 2.05) is 0 Å². The number of anilines is 2. The second-order valence-corrected chi connectivity index (χ2v) is 5.17. The first-order valence-corrected chi connectivity index (χ1v) is 6.80. The molecule has 0 saturated heterocycles. The van der Waals surface area contributed by atoms with Crippen molar-refractivity contribution in [2.45, 2.75) is 0 Å². The number of rotatable bonds is 4. The number of nitrogens with two attached hydrogens (primary N) is 1. The van der Waals surface area contributed by atoms with E-state index in [4.69, 9.17) is 10.5 Å². The van der Waals surface area contributed by atoms with Crippen molar-refractivity contribution in [1.29, 1.82) is 0 Å². The number of nitrogens with one attached hydrogen (secondary N) is 1. The molecule has 3 N–H and O–H groups in total. The molecule has 0 unspecified atom stereocenters. The molecule has 0 saturated carbocycles. The molecule has 1 heterocycles. The van der Waals surface area contributed by atoms with Crippen LogP contribution in [0.3, 0.4) is 0 Å². The Morgan fingerprint density at radius 2 is 2.37 bits per heavy atom. The van der Waals surface area contributed by atoms with E-state index in [1.165, 1.54) is 30.7 Å². The summed E-state index contributed by atoms with van der Waals surface area (Å²) in [5, 5.41) is 6.12. The summed E-state index contributed by atoms with van der Waals surface area (Å²) in [6.45, 7) is 0. The largest absolute Gasteiger partial charge is 0.495 e. The molecule has 0 bridgehead atoms. The molecule has 0 atom stereocenters. The molecule has 5 nitrogen and oxygen atoms in total. The normalized spacial score (nSPS) is 10.9. The van der Waals surface area contributed by atoms with Crippen LogP contribution in [0.5, 0.6) is 5.75 Å². The highest BCUT2D eigenvalue weighted by molar-refractivity contribution is 9.10. The smallest absolute Gasteiger partial charge is 0.205 e. The van der Waals surface area contributed by atoms with E-state index in [1.54, 1.807) is 11.4 Å². The quantitative estimate of drug-likeness (QED) is 0.660. The van der Waals surface area contributed by atoms with E-state index >= 15 is 0 Å². The molecule has 19 heavy (non-hydrogen) atoms. The number of thiazole rings is 1. The molecule has 0 radical (unpaired) electrons. The summed E-state index contributed by atoms with van der Waals surface area (Å²) in [6, 6.07) is 2.86. The van der Waals surface area contributed by atoms with Crippen molar-refractivity contribution in [2.24, 2.45) is 5.10 Å². The van der Waals surface area contributed by atoms with Crippen molar-refractivity contribution >= 4 is 44.4 Å². The highest BCUT2D eigenvalue weighted by Crippen LogP contribution is 2.27. The van der Waals surface area contributed by atoms with Crippen LogP contribution in [0.25, 0.3) is 0 Å². The van der Waals surface area contributed by atoms with E-state index in [2.05, 4.69) is 31.4 Å². The zero-order valence-corrected chi connectivity index (χ0v) is 12.3. The minimum Gasteiger partial charge on any atom is -0.495 e. The van der Waals surface area contributed by atoms with Gasteiger partial charge >= 0.3 is 0 Å². The molecule has 2 aromatic rings. The lowest BCUT2D eigenvalue weighted by molar-refractivity contribution is 0.408. The highest BCUT2D eigenvalue weighted by Gasteiger charge is 2.07. The number of methoxy groups -OCH3 is 1. The second-order valence-electron chi connectivity index (χ2n) is 3.46. The molecule has 0 fully saturated rings. The van der Waals surface area contributed by atoms with Crippen molar-refractivity contribution in [1.82, 2.24) is 4.98 Å². The Bertz CT molecular complexity index is 617. The van der Waals surface area contributed by atoms with Gasteiger partial charge < -0.3 is 10.5 Å². The molecule has 8 heteroatoms. The molecule has 1 aromatic heterocycles. The van der Waals surface area contributed by atoms with E-state index in [0.717, 1.165) is 0 Å². The van der Waals surface area contributed by atoms with Gasteiger partial charge in [0.2, 0.25) is 5.13 Å². The molecule has 0 aliphatic rings. The van der Waals surface area contributed by atoms with Crippen LogP contribution in [0.2, 0.25) is 0 Å². The van der Waals surface area contributed by atoms with Crippen LogP contribution in [-0.2, 0) is 0 Å². The number of benzene rings is 1. The average Bonchev–Trinajstić information content (AvgIpc) is 2.79. The maximum absolute atomic E-state index is 13.7. The summed E-state index contributed by atoms with van der Waals surface area (Å²) in [5.74, 6) is 0.417. The number of hydrogen-bond donors (Lipinski definition) is 2. The lowest BCUT2D eigenvalue weighted by atomic mass is 10.2. The molecule has 0 spiro atoms. The fourth-order valence-electron chi connectivity index (χ4n) is 1.29. The number of hydrogen-bond acceptors (Lipinski definition) is 6. The maximum Gasteiger partial charge on any atom is 0.205 e. The first-order chi connectivity index (χ1) is 9.10. The summed E-state index contributed by atoms with van der Waals surface area (Å²) in [6.07, 6.45) is 1.36. The minimum atomic E-state index is -0.427. The van der Waals surface area contributed by atoms with Crippen molar-refractivity contribution in [3.05, 3.63) is 33.4 Å². The molecule has 2 rings (SSSR count). The van der Waals surface area contributed by atoms with Gasteiger partial charge in [0.1, 0.15) is 17.4 Å². The summed E-state index contributed by atoms with van der Waals surface area (Å²) in [4.78, 5) is 3.96. The zero-order valence-electron chi connectivity index (χ0n) is 9.85. The third-order valence-corrected chi connectivity index (χ3v) is 3.54. The predicted octanol–water partition coefficient (Wildman–Crippen LogP) is 3.08. The summed E-state index contributed by atoms with van der Waals surface area (Å²) in [5.41, 5.74) is 8.46. The standard InChI is InChI=1S/C11H10BrFN4OS/c1-18-9-3-8(13)6(2-7(9)12)4-15-17-11-16-10(14)5-19-11/h2-5H,14H2,1H3,(H,16,17). The number of nitrogens with zero attached hydrogens (tertiary/aromatic N) is 2. The molecular formula is C11H10BrFN4OS. The van der Waals surface area contributed by atoms with Gasteiger partial charge in [-0.3, -0.25) is 5.43 Å². The fourth-order valence-corrected chi connectivity index (χ4v) is 2.37. The number of hydrazone groups is 1. The monoisotopic (exact) mass is 344 g/mol. The second kappa shape index (κ2) is 5.98. The zero-order chi connectivity index (χ0) is 13.8. The number of aromatic nitrogens is 1. The molecule has 0 aliphatic carbocycles. The van der Waals surface area contributed by atoms with Gasteiger partial charge in [-0.2, -0.15) is 5.10 Å². The Labute approximate surface area is 121 Å². The van der Waals surface area contributed by atoms with Gasteiger partial charge in [-0.1, -0.05) is 0 Å². The maximum atomic E-state index is 13.7. The number of ether oxygens (including phenoxy) is 1. The third-order valence-electron chi connectivity index (χ3n) is 2.16. The van der Waals surface area contributed by atoms with Crippen molar-refractivity contribution < 1.29 is 9.13 Å². The highest BCUT2D eigenvalue weighted by atomic mass is 79.9. The summed E-state index contributed by atoms with van der Waals surface area (Å²) < 4.78 is 19.3. The Hall–Kier alpha value is -1.67. The van der Waals surface area contributed by atoms with E-state index in [9.17, 15) is 4.39 Å². The van der Waals surface area contributed by atoms with Crippen molar-refractivity contribution in [3.63, 3.8) is 0 Å². The lowest BCUT2D eigenvalue weighted by Crippen LogP contribution is -1.95. The Morgan fingerprint density at radius 1 is 1.58 bits per heavy atom. The Morgan fingerprint density at radius 3 is 3.00 bits per heavy atom. The predicted molar refractivity (Wildman–Crippen MR) is 78.4 cm³/mol. The van der Waals surface area contributed by atoms with Crippen LogP contribution < -0.4 is 15.9 Å². The molecule has 0 amide bonds. The van der Waals surface area contributed by atoms with E-state index < -0.39 is 5.82 Å². The number of halogens is 2. The van der Waals surface area contributed by atoms with Crippen LogP contribution in [-0.4, -0.2) is 18.3 Å². The number of nitrogen functional groups attached to an aromatic ring is 1. The summed E-state index contributed by atoms with van der Waals surface area (Å²) >= 11 is 4.60. The third kappa shape index (κ3) is 3.42. The van der Waals surface area contributed by atoms with Crippen LogP contribution in [0.1, 0.15) is 5.56 Å². The van der Waals surface area contributed by atoms with Crippen LogP contribution in [0.4, 0.5) is 15.3 Å². The van der Waals surface area contributed by atoms with Crippen molar-refractivity contribution in [3.8, 4) is 5.75 Å². The van der Waals surface area contributed by atoms with Gasteiger partial charge in [-0.05, 0) is 22.0 Å². The SMILES string of the molecule is COc1cc(F)c(C=NNc2nc(N)cs2)cc1Br.